The normalized spacial score (nSPS) is 11.6. The van der Waals surface area contributed by atoms with Crippen LogP contribution in [0.15, 0.2) is 0 Å². The highest BCUT2D eigenvalue weighted by Crippen LogP contribution is 2.20. The molecule has 78 heavy (non-hydrogen) atoms. The van der Waals surface area contributed by atoms with Gasteiger partial charge in [0.05, 0.1) is 0 Å². The molecule has 0 atom stereocenters. The van der Waals surface area contributed by atoms with Crippen molar-refractivity contribution in [3.05, 3.63) is 0 Å². The average Bonchev–Trinajstić information content (AvgIpc) is 3.44. The Morgan fingerprint density at radius 3 is 0.423 bits per heavy atom. The van der Waals surface area contributed by atoms with Gasteiger partial charge in [-0.3, -0.25) is 9.59 Å². The van der Waals surface area contributed by atoms with Gasteiger partial charge in [-0.25, -0.2) is 0 Å². The summed E-state index contributed by atoms with van der Waals surface area (Å²) in [7, 11) is 0. The Balaban J connectivity index is 3.20. The van der Waals surface area contributed by atoms with Crippen molar-refractivity contribution in [1.82, 2.24) is 10.6 Å². The maximum Gasteiger partial charge on any atom is 0.219 e. The lowest BCUT2D eigenvalue weighted by atomic mass is 10.0. The van der Waals surface area contributed by atoms with Gasteiger partial charge < -0.3 is 10.6 Å². The molecule has 2 N–H and O–H groups in total. The van der Waals surface area contributed by atoms with E-state index in [4.69, 9.17) is 0 Å². The Morgan fingerprint density at radius 1 is 0.167 bits per heavy atom. The lowest BCUT2D eigenvalue weighted by molar-refractivity contribution is -0.122. The summed E-state index contributed by atoms with van der Waals surface area (Å²) in [5.74, 6) is 0.462. The van der Waals surface area contributed by atoms with Crippen LogP contribution in [0.1, 0.15) is 450 Å². The first-order chi connectivity index (χ1) is 38.7. The van der Waals surface area contributed by atoms with Crippen molar-refractivity contribution in [3.8, 4) is 0 Å². The van der Waals surface area contributed by atoms with E-state index in [-0.39, 0.29) is 11.8 Å². The highest BCUT2D eigenvalue weighted by atomic mass is 16.2. The summed E-state index contributed by atoms with van der Waals surface area (Å²) in [6, 6.07) is 0. The Labute approximate surface area is 493 Å². The van der Waals surface area contributed by atoms with E-state index in [2.05, 4.69) is 24.5 Å². The highest BCUT2D eigenvalue weighted by molar-refractivity contribution is 5.76. The number of unbranched alkanes of at least 4 members (excludes halogenated alkanes) is 63. The summed E-state index contributed by atoms with van der Waals surface area (Å²) in [5, 5.41) is 6.27. The van der Waals surface area contributed by atoms with Gasteiger partial charge in [0, 0.05) is 25.9 Å². The fraction of sp³-hybridized carbons (Fsp3) is 0.973. The number of amides is 2. The maximum atomic E-state index is 12.3. The van der Waals surface area contributed by atoms with Crippen LogP contribution in [0.2, 0.25) is 0 Å². The summed E-state index contributed by atoms with van der Waals surface area (Å²) < 4.78 is 0. The second-order valence-electron chi connectivity index (χ2n) is 25.8. The van der Waals surface area contributed by atoms with Gasteiger partial charge in [0.25, 0.3) is 0 Å². The van der Waals surface area contributed by atoms with E-state index in [0.29, 0.717) is 12.8 Å². The number of hydrogen-bond donors (Lipinski definition) is 2. The van der Waals surface area contributed by atoms with Gasteiger partial charge in [0.1, 0.15) is 0 Å². The molecule has 466 valence electrons. The molecule has 0 aliphatic carbocycles. The minimum Gasteiger partial charge on any atom is -0.356 e. The van der Waals surface area contributed by atoms with Crippen LogP contribution in [0.5, 0.6) is 0 Å². The van der Waals surface area contributed by atoms with Crippen molar-refractivity contribution in [3.63, 3.8) is 0 Å². The molecule has 0 bridgehead atoms. The number of rotatable bonds is 71. The van der Waals surface area contributed by atoms with Crippen molar-refractivity contribution in [2.45, 2.75) is 450 Å². The molecule has 0 fully saturated rings. The first-order valence-corrected chi connectivity index (χ1v) is 37.2. The fourth-order valence-electron chi connectivity index (χ4n) is 12.2. The summed E-state index contributed by atoms with van der Waals surface area (Å²) in [6.07, 6.45) is 93.8. The topological polar surface area (TPSA) is 58.2 Å². The quantitative estimate of drug-likeness (QED) is 0.0596. The molecule has 4 heteroatoms. The zero-order valence-corrected chi connectivity index (χ0v) is 54.3. The summed E-state index contributed by atoms with van der Waals surface area (Å²) in [6.45, 7) is 6.21. The molecule has 0 saturated heterocycles. The van der Waals surface area contributed by atoms with E-state index < -0.39 is 0 Å². The third-order valence-electron chi connectivity index (χ3n) is 17.8. The van der Waals surface area contributed by atoms with Gasteiger partial charge in [0.15, 0.2) is 0 Å². The molecule has 4 nitrogen and oxygen atoms in total. The predicted molar refractivity (Wildman–Crippen MR) is 351 cm³/mol. The molecule has 0 spiro atoms. The van der Waals surface area contributed by atoms with Crippen molar-refractivity contribution in [2.75, 3.05) is 13.1 Å². The van der Waals surface area contributed by atoms with Crippen LogP contribution in [0, 0.1) is 0 Å². The van der Waals surface area contributed by atoms with Crippen LogP contribution in [-0.4, -0.2) is 24.9 Å². The van der Waals surface area contributed by atoms with Gasteiger partial charge in [0.2, 0.25) is 11.8 Å². The van der Waals surface area contributed by atoms with E-state index in [1.165, 1.54) is 385 Å². The number of carbonyl (C=O) groups excluding carboxylic acids is 2. The fourth-order valence-corrected chi connectivity index (χ4v) is 12.2. The van der Waals surface area contributed by atoms with Crippen molar-refractivity contribution in [2.24, 2.45) is 0 Å². The molecular weight excluding hydrogens is 949 g/mol. The maximum absolute atomic E-state index is 12.3. The van der Waals surface area contributed by atoms with Crippen LogP contribution in [-0.2, 0) is 9.59 Å². The van der Waals surface area contributed by atoms with Crippen LogP contribution < -0.4 is 10.6 Å². The molecular formula is C74H148N2O2. The second kappa shape index (κ2) is 72.0. The second-order valence-corrected chi connectivity index (χ2v) is 25.8. The number of hydrogen-bond acceptors (Lipinski definition) is 2. The molecule has 0 rings (SSSR count). The van der Waals surface area contributed by atoms with Gasteiger partial charge in [-0.15, -0.1) is 0 Å². The van der Waals surface area contributed by atoms with Gasteiger partial charge in [-0.05, 0) is 25.7 Å². The predicted octanol–water partition coefficient (Wildman–Crippen LogP) is 25.8. The first kappa shape index (κ1) is 76.9. The third kappa shape index (κ3) is 71.0. The third-order valence-corrected chi connectivity index (χ3v) is 17.8. The van der Waals surface area contributed by atoms with Crippen molar-refractivity contribution in [1.29, 1.82) is 0 Å². The smallest absolute Gasteiger partial charge is 0.219 e. The molecule has 0 aliphatic rings. The Hall–Kier alpha value is -1.06. The highest BCUT2D eigenvalue weighted by Gasteiger charge is 2.04. The van der Waals surface area contributed by atoms with Gasteiger partial charge in [-0.2, -0.15) is 0 Å². The minimum atomic E-state index is 0.231. The molecule has 0 radical (unpaired) electrons. The molecule has 0 aliphatic heterocycles. The minimum absolute atomic E-state index is 0.231. The SMILES string of the molecule is CCCCCCCCCCCCCCCCCCCCCCCCCCCCCCCCCC(=O)NCCCCCCNC(=O)CCCCCCCCCCCCCCCCCCCCCCCCCCCCCCCCC. The molecule has 0 saturated carbocycles. The summed E-state index contributed by atoms with van der Waals surface area (Å²) in [5.41, 5.74) is 0. The van der Waals surface area contributed by atoms with E-state index in [9.17, 15) is 9.59 Å². The Morgan fingerprint density at radius 2 is 0.282 bits per heavy atom. The molecule has 0 aromatic heterocycles. The molecule has 0 aromatic rings. The van der Waals surface area contributed by atoms with E-state index >= 15 is 0 Å². The Kier molecular flexibility index (Phi) is 71.1. The van der Waals surface area contributed by atoms with E-state index in [1.807, 2.05) is 0 Å². The average molecular weight is 1100 g/mol. The molecule has 2 amide bonds. The Bertz CT molecular complexity index is 1010. The standard InChI is InChI=1S/C74H148N2O2/c1-3-5-7-9-11-13-15-17-19-21-23-25-27-29-31-33-35-37-39-41-43-45-47-49-51-53-55-57-59-61-65-69-73(77)75-71-67-63-64-68-72-76-74(78)70-66-62-60-58-56-54-52-50-48-46-44-42-40-38-36-34-32-30-28-26-24-22-20-18-16-14-12-10-8-6-4-2/h3-72H2,1-2H3,(H,75,77)(H,76,78). The van der Waals surface area contributed by atoms with Crippen LogP contribution in [0.4, 0.5) is 0 Å². The lowest BCUT2D eigenvalue weighted by Gasteiger charge is -2.07. The number of carbonyl (C=O) groups is 2. The van der Waals surface area contributed by atoms with E-state index in [1.54, 1.807) is 0 Å². The zero-order valence-electron chi connectivity index (χ0n) is 54.3. The first-order valence-electron chi connectivity index (χ1n) is 37.2. The van der Waals surface area contributed by atoms with Crippen molar-refractivity contribution >= 4 is 11.8 Å². The summed E-state index contributed by atoms with van der Waals surface area (Å²) >= 11 is 0. The van der Waals surface area contributed by atoms with Crippen LogP contribution in [0.3, 0.4) is 0 Å². The summed E-state index contributed by atoms with van der Waals surface area (Å²) in [4.78, 5) is 24.6. The number of nitrogens with one attached hydrogen (secondary N) is 2. The molecule has 0 aromatic carbocycles. The van der Waals surface area contributed by atoms with Crippen LogP contribution in [0.25, 0.3) is 0 Å². The molecule has 0 heterocycles. The lowest BCUT2D eigenvalue weighted by Crippen LogP contribution is -2.24. The monoisotopic (exact) mass is 1100 g/mol. The van der Waals surface area contributed by atoms with E-state index in [0.717, 1.165) is 51.6 Å². The van der Waals surface area contributed by atoms with Crippen molar-refractivity contribution < 1.29 is 9.59 Å². The van der Waals surface area contributed by atoms with Gasteiger partial charge >= 0.3 is 0 Å². The molecule has 0 unspecified atom stereocenters. The van der Waals surface area contributed by atoms with Crippen LogP contribution >= 0.6 is 0 Å². The zero-order chi connectivity index (χ0) is 56.1. The van der Waals surface area contributed by atoms with Gasteiger partial charge in [-0.1, -0.05) is 412 Å². The largest absolute Gasteiger partial charge is 0.356 e.